The fraction of sp³-hybridized carbons (Fsp3) is 0.929. The van der Waals surface area contributed by atoms with Crippen LogP contribution in [0.15, 0.2) is 0 Å². The Hall–Kier alpha value is -0.610. The summed E-state index contributed by atoms with van der Waals surface area (Å²) in [5.41, 5.74) is 0.301. The molecule has 0 aromatic rings. The van der Waals surface area contributed by atoms with Gasteiger partial charge in [0.1, 0.15) is 0 Å². The molecule has 3 N–H and O–H groups in total. The van der Waals surface area contributed by atoms with Crippen LogP contribution in [0.2, 0.25) is 0 Å². The van der Waals surface area contributed by atoms with Gasteiger partial charge >= 0.3 is 0 Å². The molecule has 1 saturated heterocycles. The standard InChI is InChI=1S/C14H24N2O2/c17-12-4-2-1-3-11(12)16-13(18)10-9-14(10)5-7-15-8-6-14/h10-12,15,17H,1-9H2,(H,16,18)/t10?,11-,12-/m0/s1. The largest absolute Gasteiger partial charge is 0.391 e. The van der Waals surface area contributed by atoms with Crippen LogP contribution in [0.4, 0.5) is 0 Å². The SMILES string of the molecule is O=C(N[C@H]1CCCC[C@@H]1O)C1CC12CCNCC2. The molecular formula is C14H24N2O2. The highest BCUT2D eigenvalue weighted by molar-refractivity contribution is 5.83. The van der Waals surface area contributed by atoms with Gasteiger partial charge in [-0.05, 0) is 50.6 Å². The minimum Gasteiger partial charge on any atom is -0.391 e. The van der Waals surface area contributed by atoms with E-state index in [-0.39, 0.29) is 24.0 Å². The van der Waals surface area contributed by atoms with E-state index in [9.17, 15) is 9.90 Å². The van der Waals surface area contributed by atoms with E-state index in [1.54, 1.807) is 0 Å². The molecule has 2 aliphatic carbocycles. The molecular weight excluding hydrogens is 228 g/mol. The smallest absolute Gasteiger partial charge is 0.224 e. The van der Waals surface area contributed by atoms with Crippen LogP contribution >= 0.6 is 0 Å². The fourth-order valence-corrected chi connectivity index (χ4v) is 3.76. The molecule has 0 aromatic carbocycles. The number of hydrogen-bond donors (Lipinski definition) is 3. The maximum Gasteiger partial charge on any atom is 0.224 e. The molecule has 0 aromatic heterocycles. The Morgan fingerprint density at radius 2 is 1.94 bits per heavy atom. The second-order valence-electron chi connectivity index (χ2n) is 6.34. The van der Waals surface area contributed by atoms with Gasteiger partial charge < -0.3 is 15.7 Å². The maximum absolute atomic E-state index is 12.2. The summed E-state index contributed by atoms with van der Waals surface area (Å²) < 4.78 is 0. The Bertz CT molecular complexity index is 326. The third kappa shape index (κ3) is 2.28. The molecule has 1 unspecified atom stereocenters. The maximum atomic E-state index is 12.2. The summed E-state index contributed by atoms with van der Waals surface area (Å²) in [6.07, 6.45) is 7.00. The number of hydrogen-bond acceptors (Lipinski definition) is 3. The average molecular weight is 252 g/mol. The van der Waals surface area contributed by atoms with Crippen LogP contribution in [0.5, 0.6) is 0 Å². The lowest BCUT2D eigenvalue weighted by Crippen LogP contribution is -2.46. The van der Waals surface area contributed by atoms with E-state index in [1.165, 1.54) is 0 Å². The van der Waals surface area contributed by atoms with E-state index in [0.29, 0.717) is 5.41 Å². The van der Waals surface area contributed by atoms with Gasteiger partial charge in [0, 0.05) is 5.92 Å². The zero-order valence-corrected chi connectivity index (χ0v) is 11.0. The van der Waals surface area contributed by atoms with Crippen molar-refractivity contribution in [3.63, 3.8) is 0 Å². The van der Waals surface area contributed by atoms with Crippen molar-refractivity contribution >= 4 is 5.91 Å². The third-order valence-corrected chi connectivity index (χ3v) is 5.16. The second-order valence-corrected chi connectivity index (χ2v) is 6.34. The molecule has 3 fully saturated rings. The summed E-state index contributed by atoms with van der Waals surface area (Å²) in [5, 5.41) is 16.3. The number of aliphatic hydroxyl groups excluding tert-OH is 1. The van der Waals surface area contributed by atoms with E-state index in [4.69, 9.17) is 0 Å². The van der Waals surface area contributed by atoms with Crippen molar-refractivity contribution in [2.75, 3.05) is 13.1 Å². The Kier molecular flexibility index (Phi) is 3.32. The van der Waals surface area contributed by atoms with E-state index in [1.807, 2.05) is 0 Å². The van der Waals surface area contributed by atoms with Gasteiger partial charge in [0.25, 0.3) is 0 Å². The zero-order valence-electron chi connectivity index (χ0n) is 11.0. The van der Waals surface area contributed by atoms with Crippen LogP contribution in [0, 0.1) is 11.3 Å². The summed E-state index contributed by atoms with van der Waals surface area (Å²) in [7, 11) is 0. The second kappa shape index (κ2) is 4.82. The summed E-state index contributed by atoms with van der Waals surface area (Å²) in [4.78, 5) is 12.2. The Morgan fingerprint density at radius 3 is 2.67 bits per heavy atom. The van der Waals surface area contributed by atoms with E-state index >= 15 is 0 Å². The predicted octanol–water partition coefficient (Wildman–Crippen LogP) is 0.796. The first-order valence-electron chi connectivity index (χ1n) is 7.40. The van der Waals surface area contributed by atoms with Gasteiger partial charge in [0.15, 0.2) is 0 Å². The van der Waals surface area contributed by atoms with Crippen molar-refractivity contribution in [2.24, 2.45) is 11.3 Å². The van der Waals surface area contributed by atoms with Crippen molar-refractivity contribution in [1.82, 2.24) is 10.6 Å². The van der Waals surface area contributed by atoms with Crippen LogP contribution < -0.4 is 10.6 Å². The first-order chi connectivity index (χ1) is 8.71. The molecule has 1 amide bonds. The van der Waals surface area contributed by atoms with E-state index in [0.717, 1.165) is 58.0 Å². The first kappa shape index (κ1) is 12.4. The van der Waals surface area contributed by atoms with Gasteiger partial charge in [-0.15, -0.1) is 0 Å². The number of carbonyl (C=O) groups is 1. The van der Waals surface area contributed by atoms with Crippen molar-refractivity contribution < 1.29 is 9.90 Å². The minimum atomic E-state index is -0.328. The van der Waals surface area contributed by atoms with Gasteiger partial charge in [0.05, 0.1) is 12.1 Å². The molecule has 0 bridgehead atoms. The molecule has 4 nitrogen and oxygen atoms in total. The normalized spacial score (nSPS) is 38.4. The van der Waals surface area contributed by atoms with Gasteiger partial charge in [-0.2, -0.15) is 0 Å². The number of nitrogens with one attached hydrogen (secondary N) is 2. The molecule has 18 heavy (non-hydrogen) atoms. The van der Waals surface area contributed by atoms with E-state index < -0.39 is 0 Å². The molecule has 4 heteroatoms. The van der Waals surface area contributed by atoms with Crippen molar-refractivity contribution in [1.29, 1.82) is 0 Å². The molecule has 1 spiro atoms. The highest BCUT2D eigenvalue weighted by atomic mass is 16.3. The third-order valence-electron chi connectivity index (χ3n) is 5.16. The molecule has 102 valence electrons. The fourth-order valence-electron chi connectivity index (χ4n) is 3.76. The summed E-state index contributed by atoms with van der Waals surface area (Å²) in [6.45, 7) is 2.10. The molecule has 3 aliphatic rings. The topological polar surface area (TPSA) is 61.4 Å². The van der Waals surface area contributed by atoms with Crippen LogP contribution in [-0.4, -0.2) is 36.2 Å². The number of carbonyl (C=O) groups excluding carboxylic acids is 1. The van der Waals surface area contributed by atoms with Crippen LogP contribution in [0.3, 0.4) is 0 Å². The summed E-state index contributed by atoms with van der Waals surface area (Å²) in [5.74, 6) is 0.413. The Labute approximate surface area is 109 Å². The van der Waals surface area contributed by atoms with E-state index in [2.05, 4.69) is 10.6 Å². The van der Waals surface area contributed by atoms with Crippen LogP contribution in [0.25, 0.3) is 0 Å². The highest BCUT2D eigenvalue weighted by Crippen LogP contribution is 2.58. The lowest BCUT2D eigenvalue weighted by atomic mass is 9.90. The van der Waals surface area contributed by atoms with Crippen LogP contribution in [0.1, 0.15) is 44.9 Å². The number of rotatable bonds is 2. The number of piperidine rings is 1. The van der Waals surface area contributed by atoms with Crippen molar-refractivity contribution in [3.05, 3.63) is 0 Å². The van der Waals surface area contributed by atoms with Gasteiger partial charge in [-0.3, -0.25) is 4.79 Å². The number of amides is 1. The Balaban J connectivity index is 1.53. The predicted molar refractivity (Wildman–Crippen MR) is 69.0 cm³/mol. The molecule has 0 radical (unpaired) electrons. The van der Waals surface area contributed by atoms with Crippen LogP contribution in [-0.2, 0) is 4.79 Å². The highest BCUT2D eigenvalue weighted by Gasteiger charge is 2.57. The number of aliphatic hydroxyl groups is 1. The monoisotopic (exact) mass is 252 g/mol. The quantitative estimate of drug-likeness (QED) is 0.681. The average Bonchev–Trinajstić information content (AvgIpc) is 3.07. The molecule has 2 saturated carbocycles. The first-order valence-corrected chi connectivity index (χ1v) is 7.40. The van der Waals surface area contributed by atoms with Gasteiger partial charge in [-0.1, -0.05) is 12.8 Å². The lowest BCUT2D eigenvalue weighted by Gasteiger charge is -2.29. The molecule has 3 atom stereocenters. The zero-order chi connectivity index (χ0) is 12.6. The lowest BCUT2D eigenvalue weighted by molar-refractivity contribution is -0.125. The van der Waals surface area contributed by atoms with Gasteiger partial charge in [0.2, 0.25) is 5.91 Å². The summed E-state index contributed by atoms with van der Waals surface area (Å²) in [6, 6.07) is 0.00520. The minimum absolute atomic E-state index is 0.00520. The summed E-state index contributed by atoms with van der Waals surface area (Å²) >= 11 is 0. The Morgan fingerprint density at radius 1 is 1.22 bits per heavy atom. The molecule has 1 aliphatic heterocycles. The molecule has 1 heterocycles. The van der Waals surface area contributed by atoms with Crippen molar-refractivity contribution in [3.8, 4) is 0 Å². The van der Waals surface area contributed by atoms with Gasteiger partial charge in [-0.25, -0.2) is 0 Å². The molecule has 3 rings (SSSR count). The van der Waals surface area contributed by atoms with Crippen molar-refractivity contribution in [2.45, 2.75) is 57.1 Å².